The number of hydrogen-bond donors (Lipinski definition) is 1. The van der Waals surface area contributed by atoms with Crippen molar-refractivity contribution in [3.05, 3.63) is 12.2 Å². The van der Waals surface area contributed by atoms with Crippen LogP contribution in [0.15, 0.2) is 6.33 Å². The van der Waals surface area contributed by atoms with Gasteiger partial charge >= 0.3 is 6.18 Å². The molecule has 0 amide bonds. The fourth-order valence-corrected chi connectivity index (χ4v) is 2.95. The first-order chi connectivity index (χ1) is 8.89. The third-order valence-electron chi connectivity index (χ3n) is 4.01. The van der Waals surface area contributed by atoms with E-state index < -0.39 is 24.1 Å². The Morgan fingerprint density at radius 1 is 1.42 bits per heavy atom. The van der Waals surface area contributed by atoms with Crippen LogP contribution in [0.4, 0.5) is 13.2 Å². The molecule has 3 atom stereocenters. The molecule has 0 saturated heterocycles. The van der Waals surface area contributed by atoms with Crippen molar-refractivity contribution in [3.63, 3.8) is 0 Å². The fraction of sp³-hybridized carbons (Fsp3) is 0.833. The Morgan fingerprint density at radius 3 is 2.68 bits per heavy atom. The van der Waals surface area contributed by atoms with Crippen molar-refractivity contribution >= 4 is 0 Å². The number of aromatic nitrogens is 3. The van der Waals surface area contributed by atoms with E-state index in [0.717, 1.165) is 6.42 Å². The lowest BCUT2D eigenvalue weighted by atomic mass is 9.74. The highest BCUT2D eigenvalue weighted by molar-refractivity contribution is 4.94. The zero-order chi connectivity index (χ0) is 14.0. The van der Waals surface area contributed by atoms with Crippen molar-refractivity contribution in [1.29, 1.82) is 0 Å². The molecule has 0 aliphatic heterocycles. The van der Waals surface area contributed by atoms with Crippen LogP contribution in [0.25, 0.3) is 0 Å². The molecule has 1 heterocycles. The average molecular weight is 276 g/mol. The van der Waals surface area contributed by atoms with E-state index in [2.05, 4.69) is 10.1 Å². The van der Waals surface area contributed by atoms with Crippen LogP contribution < -0.4 is 5.73 Å². The Hall–Kier alpha value is -1.11. The van der Waals surface area contributed by atoms with E-state index in [1.807, 2.05) is 0 Å². The molecular formula is C12H19F3N4. The average Bonchev–Trinajstić information content (AvgIpc) is 2.74. The van der Waals surface area contributed by atoms with E-state index in [4.69, 9.17) is 5.73 Å². The minimum atomic E-state index is -4.15. The molecule has 2 rings (SSSR count). The maximum absolute atomic E-state index is 13.0. The standard InChI is InChI=1S/C12H19F3N4/c1-19-11(17-7-18-19)6-10(16)8-4-2-3-5-9(8)12(13,14)15/h7-10H,2-6,16H2,1H3. The topological polar surface area (TPSA) is 56.7 Å². The smallest absolute Gasteiger partial charge is 0.327 e. The lowest BCUT2D eigenvalue weighted by Gasteiger charge is -2.36. The van der Waals surface area contributed by atoms with E-state index in [1.165, 1.54) is 6.33 Å². The maximum atomic E-state index is 13.0. The molecular weight excluding hydrogens is 257 g/mol. The van der Waals surface area contributed by atoms with Crippen LogP contribution in [0.3, 0.4) is 0 Å². The molecule has 1 aromatic rings. The maximum Gasteiger partial charge on any atom is 0.392 e. The molecule has 0 aromatic carbocycles. The Bertz CT molecular complexity index is 415. The van der Waals surface area contributed by atoms with Crippen LogP contribution in [0.1, 0.15) is 31.5 Å². The molecule has 1 fully saturated rings. The summed E-state index contributed by atoms with van der Waals surface area (Å²) in [6.07, 6.45) is -0.217. The fourth-order valence-electron chi connectivity index (χ4n) is 2.95. The Morgan fingerprint density at radius 2 is 2.11 bits per heavy atom. The Balaban J connectivity index is 2.07. The molecule has 0 bridgehead atoms. The molecule has 1 aliphatic carbocycles. The lowest BCUT2D eigenvalue weighted by molar-refractivity contribution is -0.198. The van der Waals surface area contributed by atoms with Gasteiger partial charge < -0.3 is 5.73 Å². The van der Waals surface area contributed by atoms with Crippen LogP contribution in [-0.2, 0) is 13.5 Å². The second-order valence-corrected chi connectivity index (χ2v) is 5.26. The summed E-state index contributed by atoms with van der Waals surface area (Å²) in [5, 5.41) is 3.91. The molecule has 7 heteroatoms. The van der Waals surface area contributed by atoms with Crippen molar-refractivity contribution in [3.8, 4) is 0 Å². The molecule has 2 N–H and O–H groups in total. The van der Waals surface area contributed by atoms with E-state index >= 15 is 0 Å². The van der Waals surface area contributed by atoms with Gasteiger partial charge in [0.2, 0.25) is 0 Å². The van der Waals surface area contributed by atoms with Crippen molar-refractivity contribution in [2.75, 3.05) is 0 Å². The highest BCUT2D eigenvalue weighted by atomic mass is 19.4. The molecule has 19 heavy (non-hydrogen) atoms. The normalized spacial score (nSPS) is 26.4. The first-order valence-corrected chi connectivity index (χ1v) is 6.54. The predicted molar refractivity (Wildman–Crippen MR) is 64.2 cm³/mol. The quantitative estimate of drug-likeness (QED) is 0.919. The zero-order valence-corrected chi connectivity index (χ0v) is 10.9. The monoisotopic (exact) mass is 276 g/mol. The third-order valence-corrected chi connectivity index (χ3v) is 4.01. The van der Waals surface area contributed by atoms with Gasteiger partial charge in [-0.1, -0.05) is 12.8 Å². The van der Waals surface area contributed by atoms with Gasteiger partial charge in [0.1, 0.15) is 12.2 Å². The van der Waals surface area contributed by atoms with Crippen LogP contribution in [0.5, 0.6) is 0 Å². The van der Waals surface area contributed by atoms with Gasteiger partial charge in [0.05, 0.1) is 5.92 Å². The molecule has 1 aromatic heterocycles. The lowest BCUT2D eigenvalue weighted by Crippen LogP contribution is -2.44. The van der Waals surface area contributed by atoms with E-state index in [1.54, 1.807) is 11.7 Å². The van der Waals surface area contributed by atoms with Gasteiger partial charge in [-0.15, -0.1) is 0 Å². The summed E-state index contributed by atoms with van der Waals surface area (Å²) in [5.74, 6) is -1.14. The number of aryl methyl sites for hydroxylation is 1. The summed E-state index contributed by atoms with van der Waals surface area (Å²) in [6, 6.07) is -0.519. The van der Waals surface area contributed by atoms with E-state index in [9.17, 15) is 13.2 Å². The van der Waals surface area contributed by atoms with Gasteiger partial charge in [0.15, 0.2) is 0 Å². The summed E-state index contributed by atoms with van der Waals surface area (Å²) in [6.45, 7) is 0. The molecule has 4 nitrogen and oxygen atoms in total. The van der Waals surface area contributed by atoms with Gasteiger partial charge in [-0.2, -0.15) is 18.3 Å². The van der Waals surface area contributed by atoms with Crippen molar-refractivity contribution < 1.29 is 13.2 Å². The van der Waals surface area contributed by atoms with Crippen LogP contribution in [-0.4, -0.2) is 27.0 Å². The molecule has 1 saturated carbocycles. The summed E-state index contributed by atoms with van der Waals surface area (Å²) in [4.78, 5) is 4.03. The number of halogens is 3. The minimum Gasteiger partial charge on any atom is -0.327 e. The van der Waals surface area contributed by atoms with Crippen LogP contribution >= 0.6 is 0 Å². The van der Waals surface area contributed by atoms with Crippen molar-refractivity contribution in [2.24, 2.45) is 24.6 Å². The third kappa shape index (κ3) is 3.26. The number of rotatable bonds is 3. The van der Waals surface area contributed by atoms with Gasteiger partial charge in [-0.25, -0.2) is 4.98 Å². The predicted octanol–water partition coefficient (Wildman–Crippen LogP) is 2.05. The zero-order valence-electron chi connectivity index (χ0n) is 10.9. The molecule has 3 unspecified atom stereocenters. The molecule has 108 valence electrons. The van der Waals surface area contributed by atoms with Gasteiger partial charge in [-0.3, -0.25) is 4.68 Å². The van der Waals surface area contributed by atoms with Crippen molar-refractivity contribution in [2.45, 2.75) is 44.3 Å². The summed E-state index contributed by atoms with van der Waals surface area (Å²) < 4.78 is 40.6. The van der Waals surface area contributed by atoms with Crippen LogP contribution in [0, 0.1) is 11.8 Å². The second-order valence-electron chi connectivity index (χ2n) is 5.26. The largest absolute Gasteiger partial charge is 0.392 e. The molecule has 0 radical (unpaired) electrons. The van der Waals surface area contributed by atoms with Gasteiger partial charge in [0, 0.05) is 19.5 Å². The van der Waals surface area contributed by atoms with Crippen LogP contribution in [0.2, 0.25) is 0 Å². The number of nitrogens with two attached hydrogens (primary N) is 1. The van der Waals surface area contributed by atoms with E-state index in [-0.39, 0.29) is 6.42 Å². The Labute approximate surface area is 110 Å². The number of hydrogen-bond acceptors (Lipinski definition) is 3. The van der Waals surface area contributed by atoms with E-state index in [0.29, 0.717) is 25.1 Å². The SMILES string of the molecule is Cn1ncnc1CC(N)C1CCCCC1C(F)(F)F. The summed E-state index contributed by atoms with van der Waals surface area (Å²) in [5.41, 5.74) is 6.01. The minimum absolute atomic E-state index is 0.195. The second kappa shape index (κ2) is 5.48. The first kappa shape index (κ1) is 14.3. The first-order valence-electron chi connectivity index (χ1n) is 6.54. The van der Waals surface area contributed by atoms with Gasteiger partial charge in [-0.05, 0) is 18.8 Å². The van der Waals surface area contributed by atoms with Crippen molar-refractivity contribution in [1.82, 2.24) is 14.8 Å². The molecule has 1 aliphatic rings. The summed E-state index contributed by atoms with van der Waals surface area (Å²) in [7, 11) is 1.72. The summed E-state index contributed by atoms with van der Waals surface area (Å²) >= 11 is 0. The number of nitrogens with zero attached hydrogens (tertiary/aromatic N) is 3. The Kier molecular flexibility index (Phi) is 4.13. The van der Waals surface area contributed by atoms with Gasteiger partial charge in [0.25, 0.3) is 0 Å². The highest BCUT2D eigenvalue weighted by Gasteiger charge is 2.47. The number of alkyl halides is 3. The highest BCUT2D eigenvalue weighted by Crippen LogP contribution is 2.42. The molecule has 0 spiro atoms.